The molecule has 0 aliphatic heterocycles. The van der Waals surface area contributed by atoms with E-state index < -0.39 is 11.4 Å². The summed E-state index contributed by atoms with van der Waals surface area (Å²) in [5, 5.41) is 19.3. The Morgan fingerprint density at radius 3 is 2.63 bits per heavy atom. The van der Waals surface area contributed by atoms with Crippen LogP contribution in [0.4, 0.5) is 0 Å². The highest BCUT2D eigenvalue weighted by Crippen LogP contribution is 2.31. The first kappa shape index (κ1) is 15.1. The van der Waals surface area contributed by atoms with Crippen LogP contribution in [0.15, 0.2) is 12.4 Å². The minimum absolute atomic E-state index is 0.0304. The van der Waals surface area contributed by atoms with Gasteiger partial charge in [-0.25, -0.2) is 0 Å². The lowest BCUT2D eigenvalue weighted by molar-refractivity contribution is -0.153. The molecule has 0 spiro atoms. The van der Waals surface area contributed by atoms with Crippen LogP contribution in [0.3, 0.4) is 0 Å². The third-order valence-electron chi connectivity index (χ3n) is 3.43. The van der Waals surface area contributed by atoms with Gasteiger partial charge in [0.2, 0.25) is 5.91 Å². The molecule has 7 nitrogen and oxygen atoms in total. The molecule has 0 bridgehead atoms. The van der Waals surface area contributed by atoms with Crippen molar-refractivity contribution in [2.45, 2.75) is 33.7 Å². The Labute approximate surface area is 112 Å². The van der Waals surface area contributed by atoms with Gasteiger partial charge in [-0.1, -0.05) is 19.1 Å². The van der Waals surface area contributed by atoms with Gasteiger partial charge >= 0.3 is 5.97 Å². The number of carboxylic acid groups (broad SMARTS) is 1. The monoisotopic (exact) mass is 268 g/mol. The van der Waals surface area contributed by atoms with Gasteiger partial charge in [-0.05, 0) is 12.8 Å². The Morgan fingerprint density at radius 1 is 1.47 bits per heavy atom. The zero-order chi connectivity index (χ0) is 14.5. The molecule has 0 saturated heterocycles. The molecular weight excluding hydrogens is 248 g/mol. The molecule has 106 valence electrons. The van der Waals surface area contributed by atoms with E-state index in [1.54, 1.807) is 37.8 Å². The minimum atomic E-state index is -1.04. The largest absolute Gasteiger partial charge is 0.481 e. The van der Waals surface area contributed by atoms with Crippen molar-refractivity contribution >= 4 is 11.9 Å². The van der Waals surface area contributed by atoms with Crippen molar-refractivity contribution < 1.29 is 14.7 Å². The molecule has 0 radical (unpaired) electrons. The van der Waals surface area contributed by atoms with Gasteiger partial charge in [0.15, 0.2) is 0 Å². The maximum Gasteiger partial charge on any atom is 0.310 e. The Morgan fingerprint density at radius 2 is 2.16 bits per heavy atom. The molecule has 0 saturated carbocycles. The normalized spacial score (nSPS) is 14.1. The van der Waals surface area contributed by atoms with E-state index in [1.165, 1.54) is 0 Å². The van der Waals surface area contributed by atoms with E-state index in [4.69, 9.17) is 0 Å². The quantitative estimate of drug-likeness (QED) is 0.752. The third-order valence-corrected chi connectivity index (χ3v) is 3.43. The number of nitrogens with zero attached hydrogens (tertiary/aromatic N) is 3. The van der Waals surface area contributed by atoms with Crippen LogP contribution in [0.2, 0.25) is 0 Å². The number of hydrogen-bond donors (Lipinski definition) is 2. The van der Waals surface area contributed by atoms with E-state index in [2.05, 4.69) is 15.6 Å². The molecule has 1 atom stereocenters. The van der Waals surface area contributed by atoms with Crippen molar-refractivity contribution in [1.82, 2.24) is 20.3 Å². The topological polar surface area (TPSA) is 97.1 Å². The summed E-state index contributed by atoms with van der Waals surface area (Å²) in [7, 11) is 0. The van der Waals surface area contributed by atoms with Crippen LogP contribution < -0.4 is 5.32 Å². The van der Waals surface area contributed by atoms with E-state index in [-0.39, 0.29) is 18.2 Å². The van der Waals surface area contributed by atoms with Crippen LogP contribution in [0.1, 0.15) is 27.2 Å². The second-order valence-corrected chi connectivity index (χ2v) is 5.07. The van der Waals surface area contributed by atoms with Gasteiger partial charge in [0, 0.05) is 19.2 Å². The summed E-state index contributed by atoms with van der Waals surface area (Å²) in [5.74, 6) is -1.33. The van der Waals surface area contributed by atoms with Gasteiger partial charge in [0.25, 0.3) is 0 Å². The van der Waals surface area contributed by atoms with Crippen molar-refractivity contribution in [3.63, 3.8) is 0 Å². The molecule has 0 aliphatic carbocycles. The Kier molecular flexibility index (Phi) is 5.02. The van der Waals surface area contributed by atoms with Crippen LogP contribution in [-0.2, 0) is 16.1 Å². The fraction of sp³-hybridized carbons (Fsp3) is 0.667. The van der Waals surface area contributed by atoms with Crippen molar-refractivity contribution in [3.8, 4) is 0 Å². The first-order valence-electron chi connectivity index (χ1n) is 6.20. The maximum absolute atomic E-state index is 11.8. The average Bonchev–Trinajstić information content (AvgIpc) is 2.81. The number of carbonyl (C=O) groups excluding carboxylic acids is 1. The first-order chi connectivity index (χ1) is 8.86. The van der Waals surface area contributed by atoms with E-state index in [9.17, 15) is 14.7 Å². The summed E-state index contributed by atoms with van der Waals surface area (Å²) in [6.07, 6.45) is 3.22. The first-order valence-corrected chi connectivity index (χ1v) is 6.20. The predicted molar refractivity (Wildman–Crippen MR) is 68.2 cm³/mol. The molecule has 7 heteroatoms. The Hall–Kier alpha value is -1.92. The standard InChI is InChI=1S/C12H20N4O3/c1-9(2)12(3,11(18)19)8-10(17)13-4-6-16-7-5-14-15-16/h5,7,9H,4,6,8H2,1-3H3,(H,13,17)(H,18,19). The highest BCUT2D eigenvalue weighted by molar-refractivity contribution is 5.84. The van der Waals surface area contributed by atoms with Gasteiger partial charge in [-0.3, -0.25) is 14.3 Å². The molecule has 0 aromatic carbocycles. The van der Waals surface area contributed by atoms with Crippen molar-refractivity contribution in [2.24, 2.45) is 11.3 Å². The third kappa shape index (κ3) is 4.04. The summed E-state index contributed by atoms with van der Waals surface area (Å²) < 4.78 is 1.60. The van der Waals surface area contributed by atoms with Crippen LogP contribution >= 0.6 is 0 Å². The fourth-order valence-electron chi connectivity index (χ4n) is 1.58. The average molecular weight is 268 g/mol. The molecule has 1 aromatic heterocycles. The molecule has 1 amide bonds. The number of carbonyl (C=O) groups is 2. The summed E-state index contributed by atoms with van der Waals surface area (Å²) in [5.41, 5.74) is -1.04. The number of aromatic nitrogens is 3. The van der Waals surface area contributed by atoms with Gasteiger partial charge in [0.05, 0.1) is 18.2 Å². The van der Waals surface area contributed by atoms with Gasteiger partial charge in [0.1, 0.15) is 0 Å². The lowest BCUT2D eigenvalue weighted by Crippen LogP contribution is -2.39. The molecule has 1 aromatic rings. The van der Waals surface area contributed by atoms with Crippen LogP contribution in [-0.4, -0.2) is 38.5 Å². The number of hydrogen-bond acceptors (Lipinski definition) is 4. The van der Waals surface area contributed by atoms with E-state index in [1.807, 2.05) is 0 Å². The molecule has 1 heterocycles. The zero-order valence-corrected chi connectivity index (χ0v) is 11.5. The predicted octanol–water partition coefficient (Wildman–Crippen LogP) is 0.531. The van der Waals surface area contributed by atoms with E-state index in [0.717, 1.165) is 0 Å². The van der Waals surface area contributed by atoms with Gasteiger partial charge < -0.3 is 10.4 Å². The molecule has 0 aliphatic rings. The second kappa shape index (κ2) is 6.31. The zero-order valence-electron chi connectivity index (χ0n) is 11.5. The molecular formula is C12H20N4O3. The highest BCUT2D eigenvalue weighted by Gasteiger charge is 2.38. The summed E-state index contributed by atoms with van der Waals surface area (Å²) in [6, 6.07) is 0. The number of carboxylic acids is 1. The second-order valence-electron chi connectivity index (χ2n) is 5.07. The summed E-state index contributed by atoms with van der Waals surface area (Å²) in [4.78, 5) is 23.0. The molecule has 0 fully saturated rings. The van der Waals surface area contributed by atoms with Crippen molar-refractivity contribution in [3.05, 3.63) is 12.4 Å². The van der Waals surface area contributed by atoms with E-state index in [0.29, 0.717) is 13.1 Å². The lowest BCUT2D eigenvalue weighted by atomic mass is 9.76. The van der Waals surface area contributed by atoms with Gasteiger partial charge in [-0.15, -0.1) is 5.10 Å². The van der Waals surface area contributed by atoms with Crippen LogP contribution in [0.25, 0.3) is 0 Å². The maximum atomic E-state index is 11.8. The highest BCUT2D eigenvalue weighted by atomic mass is 16.4. The van der Waals surface area contributed by atoms with Crippen LogP contribution in [0, 0.1) is 11.3 Å². The SMILES string of the molecule is CC(C)C(C)(CC(=O)NCCn1ccnn1)C(=O)O. The van der Waals surface area contributed by atoms with Crippen molar-refractivity contribution in [2.75, 3.05) is 6.54 Å². The number of nitrogens with one attached hydrogen (secondary N) is 1. The summed E-state index contributed by atoms with van der Waals surface area (Å²) in [6.45, 7) is 6.11. The smallest absolute Gasteiger partial charge is 0.310 e. The van der Waals surface area contributed by atoms with E-state index >= 15 is 0 Å². The number of rotatable bonds is 7. The fourth-order valence-corrected chi connectivity index (χ4v) is 1.58. The van der Waals surface area contributed by atoms with Gasteiger partial charge in [-0.2, -0.15) is 0 Å². The molecule has 1 rings (SSSR count). The number of amides is 1. The molecule has 2 N–H and O–H groups in total. The Balaban J connectivity index is 2.43. The summed E-state index contributed by atoms with van der Waals surface area (Å²) >= 11 is 0. The number of aliphatic carboxylic acids is 1. The Bertz CT molecular complexity index is 430. The molecule has 1 unspecified atom stereocenters. The van der Waals surface area contributed by atoms with Crippen LogP contribution in [0.5, 0.6) is 0 Å². The van der Waals surface area contributed by atoms with Crippen molar-refractivity contribution in [1.29, 1.82) is 0 Å². The minimum Gasteiger partial charge on any atom is -0.481 e. The molecule has 19 heavy (non-hydrogen) atoms. The lowest BCUT2D eigenvalue weighted by Gasteiger charge is -2.28.